The van der Waals surface area contributed by atoms with E-state index >= 15 is 0 Å². The molecule has 1 aromatic heterocycles. The monoisotopic (exact) mass is 520 g/mol. The Morgan fingerprint density at radius 3 is 2.61 bits per heavy atom. The molecule has 0 bridgehead atoms. The van der Waals surface area contributed by atoms with Crippen LogP contribution in [0.15, 0.2) is 52.4 Å². The zero-order chi connectivity index (χ0) is 26.5. The molecule has 0 atom stereocenters. The Labute approximate surface area is 222 Å². The van der Waals surface area contributed by atoms with E-state index in [1.807, 2.05) is 31.2 Å². The summed E-state index contributed by atoms with van der Waals surface area (Å²) in [5.41, 5.74) is 3.27. The number of likely N-dealkylation sites (tertiary alicyclic amines) is 1. The predicted octanol–water partition coefficient (Wildman–Crippen LogP) is 3.62. The van der Waals surface area contributed by atoms with Crippen molar-refractivity contribution in [3.63, 3.8) is 0 Å². The molecule has 202 valence electrons. The first-order valence-corrected chi connectivity index (χ1v) is 13.4. The molecule has 0 aliphatic carbocycles. The van der Waals surface area contributed by atoms with E-state index in [1.165, 1.54) is 5.56 Å². The molecule has 9 nitrogen and oxygen atoms in total. The predicted molar refractivity (Wildman–Crippen MR) is 147 cm³/mol. The Morgan fingerprint density at radius 2 is 1.87 bits per heavy atom. The quantitative estimate of drug-likeness (QED) is 0.253. The summed E-state index contributed by atoms with van der Waals surface area (Å²) in [5.74, 6) is 2.28. The van der Waals surface area contributed by atoms with Crippen LogP contribution < -0.4 is 25.1 Å². The second-order valence-electron chi connectivity index (χ2n) is 9.81. The maximum absolute atomic E-state index is 12.9. The molecule has 2 N–H and O–H groups in total. The number of hydrogen-bond donors (Lipinski definition) is 2. The van der Waals surface area contributed by atoms with Gasteiger partial charge < -0.3 is 34.2 Å². The maximum atomic E-state index is 12.9. The van der Waals surface area contributed by atoms with Gasteiger partial charge in [-0.05, 0) is 62.2 Å². The topological polar surface area (TPSA) is 97.6 Å². The number of aromatic nitrogens is 1. The van der Waals surface area contributed by atoms with Crippen molar-refractivity contribution in [1.82, 2.24) is 14.8 Å². The third-order valence-corrected chi connectivity index (χ3v) is 7.51. The molecular formula is C29H36N4O5. The number of ether oxygens (including phenoxy) is 3. The minimum Gasteiger partial charge on any atom is -0.497 e. The summed E-state index contributed by atoms with van der Waals surface area (Å²) in [7, 11) is 1.60. The van der Waals surface area contributed by atoms with Gasteiger partial charge in [-0.25, -0.2) is 0 Å². The van der Waals surface area contributed by atoms with Crippen LogP contribution in [0.4, 0.5) is 0 Å². The number of pyridine rings is 1. The first-order valence-electron chi connectivity index (χ1n) is 13.4. The van der Waals surface area contributed by atoms with Crippen molar-refractivity contribution < 1.29 is 19.4 Å². The minimum absolute atomic E-state index is 0.0494. The van der Waals surface area contributed by atoms with Crippen molar-refractivity contribution in [2.75, 3.05) is 40.0 Å². The van der Waals surface area contributed by atoms with Crippen LogP contribution in [0.5, 0.6) is 17.2 Å². The molecule has 0 amide bonds. The van der Waals surface area contributed by atoms with Crippen molar-refractivity contribution in [2.45, 2.75) is 45.3 Å². The van der Waals surface area contributed by atoms with E-state index in [9.17, 15) is 10.0 Å². The normalized spacial score (nSPS) is 16.6. The Morgan fingerprint density at radius 1 is 1.08 bits per heavy atom. The molecule has 3 aromatic rings. The summed E-state index contributed by atoms with van der Waals surface area (Å²) >= 11 is 0. The molecule has 9 heteroatoms. The first kappa shape index (κ1) is 26.1. The fourth-order valence-electron chi connectivity index (χ4n) is 5.34. The average molecular weight is 521 g/mol. The van der Waals surface area contributed by atoms with E-state index in [4.69, 9.17) is 14.2 Å². The number of piperidine rings is 1. The van der Waals surface area contributed by atoms with Crippen LogP contribution in [0.25, 0.3) is 10.9 Å². The Balaban J connectivity index is 1.20. The molecule has 2 aromatic carbocycles. The molecule has 1 fully saturated rings. The third-order valence-electron chi connectivity index (χ3n) is 7.51. The summed E-state index contributed by atoms with van der Waals surface area (Å²) in [4.78, 5) is 15.3. The third kappa shape index (κ3) is 5.63. The van der Waals surface area contributed by atoms with Crippen molar-refractivity contribution in [3.05, 3.63) is 63.9 Å². The lowest BCUT2D eigenvalue weighted by Crippen LogP contribution is -2.43. The number of benzene rings is 2. The summed E-state index contributed by atoms with van der Waals surface area (Å²) in [6.07, 6.45) is 2.68. The zero-order valence-corrected chi connectivity index (χ0v) is 22.1. The lowest BCUT2D eigenvalue weighted by molar-refractivity contribution is 0.171. The Hall–Kier alpha value is -3.56. The number of oxime groups is 1. The highest BCUT2D eigenvalue weighted by Gasteiger charge is 2.20. The van der Waals surface area contributed by atoms with Gasteiger partial charge >= 0.3 is 0 Å². The molecule has 0 saturated carbocycles. The SMILES string of the molecule is CC/C(=N\O)c1cc(OC)cc2c1ccc(=O)n2CCN1CCC(NCc2ccc3c(c2)OCCO3)CC1. The van der Waals surface area contributed by atoms with Crippen molar-refractivity contribution >= 4 is 16.6 Å². The van der Waals surface area contributed by atoms with Gasteiger partial charge in [0.05, 0.1) is 18.3 Å². The fourth-order valence-corrected chi connectivity index (χ4v) is 5.34. The van der Waals surface area contributed by atoms with Crippen LogP contribution in [0.2, 0.25) is 0 Å². The van der Waals surface area contributed by atoms with Crippen LogP contribution in [-0.2, 0) is 13.1 Å². The average Bonchev–Trinajstić information content (AvgIpc) is 2.96. The van der Waals surface area contributed by atoms with Crippen molar-refractivity contribution in [1.29, 1.82) is 0 Å². The smallest absolute Gasteiger partial charge is 0.251 e. The summed E-state index contributed by atoms with van der Waals surface area (Å²) < 4.78 is 18.6. The van der Waals surface area contributed by atoms with E-state index < -0.39 is 0 Å². The number of methoxy groups -OCH3 is 1. The van der Waals surface area contributed by atoms with E-state index in [-0.39, 0.29) is 5.56 Å². The first-order chi connectivity index (χ1) is 18.6. The lowest BCUT2D eigenvalue weighted by atomic mass is 10.0. The zero-order valence-electron chi connectivity index (χ0n) is 22.1. The number of hydrogen-bond acceptors (Lipinski definition) is 8. The Bertz CT molecular complexity index is 1360. The molecular weight excluding hydrogens is 484 g/mol. The van der Waals surface area contributed by atoms with Gasteiger partial charge in [0.2, 0.25) is 0 Å². The van der Waals surface area contributed by atoms with Gasteiger partial charge in [0.1, 0.15) is 19.0 Å². The van der Waals surface area contributed by atoms with Crippen LogP contribution >= 0.6 is 0 Å². The van der Waals surface area contributed by atoms with Crippen LogP contribution in [0.3, 0.4) is 0 Å². The van der Waals surface area contributed by atoms with Crippen LogP contribution in [0.1, 0.15) is 37.3 Å². The minimum atomic E-state index is -0.0494. The second-order valence-corrected chi connectivity index (χ2v) is 9.81. The standard InChI is InChI=1S/C29H36N4O5/c1-3-25(31-35)24-17-22(36-2)18-26-23(24)5-7-29(34)33(26)13-12-32-10-8-21(9-11-32)30-19-20-4-6-27-28(16-20)38-15-14-37-27/h4-7,16-18,21,30,35H,3,8-15,19H2,1-2H3/b31-25+. The molecule has 0 radical (unpaired) electrons. The fraction of sp³-hybridized carbons (Fsp3) is 0.448. The van der Waals surface area contributed by atoms with Crippen molar-refractivity contribution in [2.24, 2.45) is 5.16 Å². The number of fused-ring (bicyclic) bond motifs is 2. The van der Waals surface area contributed by atoms with Gasteiger partial charge in [-0.1, -0.05) is 18.1 Å². The molecule has 2 aliphatic heterocycles. The lowest BCUT2D eigenvalue weighted by Gasteiger charge is -2.32. The van der Waals surface area contributed by atoms with Gasteiger partial charge in [-0.3, -0.25) is 4.79 Å². The van der Waals surface area contributed by atoms with E-state index in [0.29, 0.717) is 43.7 Å². The summed E-state index contributed by atoms with van der Waals surface area (Å²) in [6.45, 7) is 7.25. The Kier molecular flexibility index (Phi) is 8.14. The van der Waals surface area contributed by atoms with Gasteiger partial charge in [0.25, 0.3) is 5.56 Å². The molecule has 0 spiro atoms. The largest absolute Gasteiger partial charge is 0.497 e. The van der Waals surface area contributed by atoms with E-state index in [0.717, 1.165) is 67.0 Å². The molecule has 5 rings (SSSR count). The van der Waals surface area contributed by atoms with Gasteiger partial charge in [0, 0.05) is 48.8 Å². The highest BCUT2D eigenvalue weighted by Crippen LogP contribution is 2.31. The summed E-state index contributed by atoms with van der Waals surface area (Å²) in [6, 6.07) is 13.7. The molecule has 2 aliphatic rings. The molecule has 1 saturated heterocycles. The van der Waals surface area contributed by atoms with E-state index in [2.05, 4.69) is 27.5 Å². The number of rotatable bonds is 9. The highest BCUT2D eigenvalue weighted by molar-refractivity contribution is 6.10. The van der Waals surface area contributed by atoms with Gasteiger partial charge in [0.15, 0.2) is 11.5 Å². The maximum Gasteiger partial charge on any atom is 0.251 e. The number of nitrogens with one attached hydrogen (secondary N) is 1. The van der Waals surface area contributed by atoms with Crippen molar-refractivity contribution in [3.8, 4) is 17.2 Å². The highest BCUT2D eigenvalue weighted by atomic mass is 16.6. The summed E-state index contributed by atoms with van der Waals surface area (Å²) in [5, 5.41) is 17.6. The van der Waals surface area contributed by atoms with Crippen LogP contribution in [0, 0.1) is 0 Å². The molecule has 3 heterocycles. The van der Waals surface area contributed by atoms with Gasteiger partial charge in [-0.15, -0.1) is 0 Å². The van der Waals surface area contributed by atoms with E-state index in [1.54, 1.807) is 17.7 Å². The van der Waals surface area contributed by atoms with Crippen LogP contribution in [-0.4, -0.2) is 66.4 Å². The second kappa shape index (κ2) is 11.9. The molecule has 38 heavy (non-hydrogen) atoms. The van der Waals surface area contributed by atoms with Gasteiger partial charge in [-0.2, -0.15) is 0 Å². The molecule has 0 unspecified atom stereocenters. The number of nitrogens with zero attached hydrogens (tertiary/aromatic N) is 3.